The predicted octanol–water partition coefficient (Wildman–Crippen LogP) is 1.45. The topological polar surface area (TPSA) is 52.6 Å². The van der Waals surface area contributed by atoms with Crippen LogP contribution in [0.3, 0.4) is 0 Å². The number of rotatable bonds is 2. The minimum absolute atomic E-state index is 0.0224. The first-order valence-corrected chi connectivity index (χ1v) is 6.27. The van der Waals surface area contributed by atoms with Crippen molar-refractivity contribution in [3.05, 3.63) is 29.8 Å². The van der Waals surface area contributed by atoms with Gasteiger partial charge in [0.05, 0.1) is 6.10 Å². The van der Waals surface area contributed by atoms with Crippen molar-refractivity contribution in [1.82, 2.24) is 5.32 Å². The molecule has 1 aromatic carbocycles. The zero-order valence-electron chi connectivity index (χ0n) is 11.1. The van der Waals surface area contributed by atoms with Crippen LogP contribution in [-0.4, -0.2) is 29.6 Å². The second-order valence-corrected chi connectivity index (χ2v) is 5.20. The fourth-order valence-corrected chi connectivity index (χ4v) is 2.41. The first kappa shape index (κ1) is 12.9. The number of piperazine rings is 1. The number of carbonyl (C=O) groups is 1. The lowest BCUT2D eigenvalue weighted by atomic mass is 9.95. The molecular weight excluding hydrogens is 228 g/mol. The summed E-state index contributed by atoms with van der Waals surface area (Å²) >= 11 is 0. The van der Waals surface area contributed by atoms with E-state index in [1.807, 2.05) is 38.1 Å². The van der Waals surface area contributed by atoms with Gasteiger partial charge in [-0.3, -0.25) is 4.79 Å². The lowest BCUT2D eigenvalue weighted by Gasteiger charge is -2.43. The van der Waals surface area contributed by atoms with Crippen LogP contribution < -0.4 is 10.2 Å². The van der Waals surface area contributed by atoms with E-state index in [9.17, 15) is 9.90 Å². The zero-order chi connectivity index (χ0) is 13.3. The molecule has 1 aliphatic rings. The number of hydrogen-bond donors (Lipinski definition) is 2. The lowest BCUT2D eigenvalue weighted by Crippen LogP contribution is -2.62. The summed E-state index contributed by atoms with van der Waals surface area (Å²) in [6, 6.07) is 7.71. The number of aliphatic hydroxyl groups excluding tert-OH is 1. The molecule has 0 aliphatic carbocycles. The Labute approximate surface area is 108 Å². The molecule has 4 heteroatoms. The average Bonchev–Trinajstić information content (AvgIpc) is 2.32. The first-order chi connectivity index (χ1) is 8.44. The minimum atomic E-state index is -0.594. The number of amides is 1. The Hall–Kier alpha value is -1.55. The van der Waals surface area contributed by atoms with Gasteiger partial charge in [-0.05, 0) is 26.8 Å². The van der Waals surface area contributed by atoms with Crippen molar-refractivity contribution < 1.29 is 9.90 Å². The Morgan fingerprint density at radius 1 is 1.39 bits per heavy atom. The van der Waals surface area contributed by atoms with E-state index >= 15 is 0 Å². The summed E-state index contributed by atoms with van der Waals surface area (Å²) < 4.78 is 0. The Morgan fingerprint density at radius 2 is 2.06 bits per heavy atom. The quantitative estimate of drug-likeness (QED) is 0.833. The smallest absolute Gasteiger partial charge is 0.245 e. The van der Waals surface area contributed by atoms with Crippen LogP contribution in [-0.2, 0) is 4.79 Å². The Morgan fingerprint density at radius 3 is 2.72 bits per heavy atom. The summed E-state index contributed by atoms with van der Waals surface area (Å²) in [5.41, 5.74) is 1.20. The highest BCUT2D eigenvalue weighted by atomic mass is 16.3. The Bertz CT molecular complexity index is 455. The van der Waals surface area contributed by atoms with E-state index in [0.717, 1.165) is 17.8 Å². The third-order valence-corrected chi connectivity index (χ3v) is 3.53. The van der Waals surface area contributed by atoms with Gasteiger partial charge in [-0.15, -0.1) is 0 Å². The van der Waals surface area contributed by atoms with E-state index in [-0.39, 0.29) is 5.91 Å². The van der Waals surface area contributed by atoms with Gasteiger partial charge in [-0.2, -0.15) is 0 Å². The largest absolute Gasteiger partial charge is 0.389 e. The summed E-state index contributed by atoms with van der Waals surface area (Å²) in [4.78, 5) is 14.0. The Balaban J connectivity index is 2.45. The van der Waals surface area contributed by atoms with Gasteiger partial charge in [-0.1, -0.05) is 18.2 Å². The van der Waals surface area contributed by atoms with Crippen molar-refractivity contribution in [2.45, 2.75) is 32.4 Å². The van der Waals surface area contributed by atoms with Crippen LogP contribution >= 0.6 is 0 Å². The summed E-state index contributed by atoms with van der Waals surface area (Å²) in [6.45, 7) is 6.94. The number of hydrogen-bond acceptors (Lipinski definition) is 3. The molecule has 2 rings (SSSR count). The van der Waals surface area contributed by atoms with Crippen LogP contribution in [0.4, 0.5) is 5.69 Å². The highest BCUT2D eigenvalue weighted by molar-refractivity contribution is 5.90. The summed E-state index contributed by atoms with van der Waals surface area (Å²) in [6.07, 6.45) is -0.540. The van der Waals surface area contributed by atoms with Crippen molar-refractivity contribution in [2.24, 2.45) is 0 Å². The standard InChI is InChI=1S/C14H20N2O2/c1-10(17)11-6-4-5-7-12(11)16-9-8-15-13(18)14(16,2)3/h4-7,10,17H,8-9H2,1-3H3,(H,15,18)/t10-/m1/s1. The van der Waals surface area contributed by atoms with Crippen LogP contribution in [0.15, 0.2) is 24.3 Å². The fourth-order valence-electron chi connectivity index (χ4n) is 2.41. The molecule has 0 radical (unpaired) electrons. The van der Waals surface area contributed by atoms with Crippen LogP contribution in [0.1, 0.15) is 32.4 Å². The van der Waals surface area contributed by atoms with Gasteiger partial charge < -0.3 is 15.3 Å². The molecule has 18 heavy (non-hydrogen) atoms. The highest BCUT2D eigenvalue weighted by Gasteiger charge is 2.38. The van der Waals surface area contributed by atoms with Gasteiger partial charge in [0.15, 0.2) is 0 Å². The molecule has 0 saturated carbocycles. The first-order valence-electron chi connectivity index (χ1n) is 6.27. The van der Waals surface area contributed by atoms with Gasteiger partial charge in [0, 0.05) is 24.3 Å². The highest BCUT2D eigenvalue weighted by Crippen LogP contribution is 2.32. The van der Waals surface area contributed by atoms with E-state index in [4.69, 9.17) is 0 Å². The number of para-hydroxylation sites is 1. The molecule has 0 aromatic heterocycles. The van der Waals surface area contributed by atoms with Crippen LogP contribution in [0, 0.1) is 0 Å². The van der Waals surface area contributed by atoms with Crippen molar-refractivity contribution in [2.75, 3.05) is 18.0 Å². The molecule has 1 fully saturated rings. The number of nitrogens with one attached hydrogen (secondary N) is 1. The molecule has 1 heterocycles. The van der Waals surface area contributed by atoms with E-state index in [0.29, 0.717) is 6.54 Å². The number of anilines is 1. The molecule has 0 spiro atoms. The number of nitrogens with zero attached hydrogens (tertiary/aromatic N) is 1. The molecule has 1 saturated heterocycles. The van der Waals surface area contributed by atoms with Crippen molar-refractivity contribution in [3.8, 4) is 0 Å². The van der Waals surface area contributed by atoms with E-state index in [2.05, 4.69) is 10.2 Å². The van der Waals surface area contributed by atoms with Gasteiger partial charge >= 0.3 is 0 Å². The molecule has 1 aliphatic heterocycles. The fraction of sp³-hybridized carbons (Fsp3) is 0.500. The molecule has 1 atom stereocenters. The minimum Gasteiger partial charge on any atom is -0.389 e. The van der Waals surface area contributed by atoms with Crippen LogP contribution in [0.2, 0.25) is 0 Å². The zero-order valence-corrected chi connectivity index (χ0v) is 11.1. The lowest BCUT2D eigenvalue weighted by molar-refractivity contribution is -0.126. The second kappa shape index (κ2) is 4.61. The van der Waals surface area contributed by atoms with Crippen molar-refractivity contribution in [3.63, 3.8) is 0 Å². The maximum absolute atomic E-state index is 12.0. The van der Waals surface area contributed by atoms with E-state index in [1.165, 1.54) is 0 Å². The van der Waals surface area contributed by atoms with E-state index in [1.54, 1.807) is 6.92 Å². The summed E-state index contributed by atoms with van der Waals surface area (Å²) in [7, 11) is 0. The summed E-state index contributed by atoms with van der Waals surface area (Å²) in [5, 5.41) is 12.7. The molecule has 1 amide bonds. The predicted molar refractivity (Wildman–Crippen MR) is 71.5 cm³/mol. The maximum Gasteiger partial charge on any atom is 0.245 e. The summed E-state index contributed by atoms with van der Waals surface area (Å²) in [5.74, 6) is 0.0224. The van der Waals surface area contributed by atoms with Gasteiger partial charge in [0.1, 0.15) is 5.54 Å². The van der Waals surface area contributed by atoms with Gasteiger partial charge in [-0.25, -0.2) is 0 Å². The Kier molecular flexibility index (Phi) is 3.30. The number of benzene rings is 1. The third kappa shape index (κ3) is 2.08. The molecule has 98 valence electrons. The second-order valence-electron chi connectivity index (χ2n) is 5.20. The molecule has 1 aromatic rings. The average molecular weight is 248 g/mol. The molecule has 0 bridgehead atoms. The molecule has 2 N–H and O–H groups in total. The van der Waals surface area contributed by atoms with Crippen LogP contribution in [0.5, 0.6) is 0 Å². The molecule has 4 nitrogen and oxygen atoms in total. The van der Waals surface area contributed by atoms with Gasteiger partial charge in [0.25, 0.3) is 0 Å². The number of carbonyl (C=O) groups excluding carboxylic acids is 1. The number of aliphatic hydroxyl groups is 1. The normalized spacial score (nSPS) is 20.4. The third-order valence-electron chi connectivity index (χ3n) is 3.53. The maximum atomic E-state index is 12.0. The SMILES string of the molecule is C[C@@H](O)c1ccccc1N1CCNC(=O)C1(C)C. The van der Waals surface area contributed by atoms with E-state index < -0.39 is 11.6 Å². The van der Waals surface area contributed by atoms with Crippen molar-refractivity contribution >= 4 is 11.6 Å². The van der Waals surface area contributed by atoms with Gasteiger partial charge in [0.2, 0.25) is 5.91 Å². The molecule has 0 unspecified atom stereocenters. The monoisotopic (exact) mass is 248 g/mol. The van der Waals surface area contributed by atoms with Crippen molar-refractivity contribution in [1.29, 1.82) is 0 Å². The van der Waals surface area contributed by atoms with Crippen LogP contribution in [0.25, 0.3) is 0 Å². The molecular formula is C14H20N2O2.